The number of carbonyl (C=O) groups excluding carboxylic acids is 2. The zero-order chi connectivity index (χ0) is 31.5. The molecule has 0 bridgehead atoms. The smallest absolute Gasteiger partial charge is 0.319 e. The lowest BCUT2D eigenvalue weighted by molar-refractivity contribution is 0.0991. The number of carbonyl (C=O) groups is 2. The van der Waals surface area contributed by atoms with Crippen molar-refractivity contribution in [3.05, 3.63) is 77.6 Å². The molecular formula is C35H45FN4O4. The van der Waals surface area contributed by atoms with Gasteiger partial charge in [0.05, 0.1) is 0 Å². The highest BCUT2D eigenvalue weighted by atomic mass is 19.1. The number of nitrogens with zero attached hydrogens (tertiary/aromatic N) is 1. The molecular weight excluding hydrogens is 559 g/mol. The van der Waals surface area contributed by atoms with Crippen LogP contribution in [0, 0.1) is 12.7 Å². The summed E-state index contributed by atoms with van der Waals surface area (Å²) in [6.07, 6.45) is 6.20. The summed E-state index contributed by atoms with van der Waals surface area (Å²) in [7, 11) is 0. The van der Waals surface area contributed by atoms with E-state index in [1.54, 1.807) is 36.4 Å². The van der Waals surface area contributed by atoms with E-state index in [1.807, 2.05) is 32.9 Å². The third-order valence-corrected chi connectivity index (χ3v) is 7.97. The quantitative estimate of drug-likeness (QED) is 0.183. The first kappa shape index (κ1) is 32.8. The lowest BCUT2D eigenvalue weighted by Gasteiger charge is -2.32. The van der Waals surface area contributed by atoms with Crippen LogP contribution in [0.3, 0.4) is 0 Å². The predicted molar refractivity (Wildman–Crippen MR) is 174 cm³/mol. The van der Waals surface area contributed by atoms with E-state index < -0.39 is 11.8 Å². The van der Waals surface area contributed by atoms with E-state index in [2.05, 4.69) is 27.8 Å². The van der Waals surface area contributed by atoms with E-state index in [1.165, 1.54) is 25.0 Å². The maximum absolute atomic E-state index is 14.6. The van der Waals surface area contributed by atoms with Gasteiger partial charge in [-0.1, -0.05) is 33.3 Å². The second-order valence-electron chi connectivity index (χ2n) is 11.3. The number of urea groups is 1. The van der Waals surface area contributed by atoms with Crippen LogP contribution in [0.4, 0.5) is 20.6 Å². The highest BCUT2D eigenvalue weighted by Gasteiger charge is 2.21. The fourth-order valence-electron chi connectivity index (χ4n) is 5.21. The van der Waals surface area contributed by atoms with Crippen LogP contribution < -0.4 is 25.4 Å². The topological polar surface area (TPSA) is 91.9 Å². The molecule has 1 saturated heterocycles. The Bertz CT molecular complexity index is 1390. The van der Waals surface area contributed by atoms with Gasteiger partial charge in [-0.15, -0.1) is 0 Å². The first-order valence-electron chi connectivity index (χ1n) is 15.7. The Kier molecular flexibility index (Phi) is 12.0. The maximum Gasteiger partial charge on any atom is 0.319 e. The molecule has 0 spiro atoms. The number of anilines is 2. The number of aryl methyl sites for hydroxylation is 1. The predicted octanol–water partition coefficient (Wildman–Crippen LogP) is 8.13. The fourth-order valence-corrected chi connectivity index (χ4v) is 5.21. The minimum absolute atomic E-state index is 0.00693. The molecule has 3 aromatic carbocycles. The van der Waals surface area contributed by atoms with Crippen molar-refractivity contribution in [3.63, 3.8) is 0 Å². The van der Waals surface area contributed by atoms with Crippen molar-refractivity contribution < 1.29 is 23.5 Å². The number of nitrogens with one attached hydrogen (secondary N) is 3. The van der Waals surface area contributed by atoms with Crippen LogP contribution in [0.2, 0.25) is 0 Å². The minimum atomic E-state index is -0.606. The highest BCUT2D eigenvalue weighted by Crippen LogP contribution is 2.32. The summed E-state index contributed by atoms with van der Waals surface area (Å²) in [5.41, 5.74) is 1.99. The Morgan fingerprint density at radius 1 is 0.955 bits per heavy atom. The average Bonchev–Trinajstić information content (AvgIpc) is 3.03. The number of para-hydroxylation sites is 1. The number of likely N-dealkylation sites (tertiary alicyclic amines) is 1. The summed E-state index contributed by atoms with van der Waals surface area (Å²) < 4.78 is 26.8. The number of halogens is 1. The van der Waals surface area contributed by atoms with Gasteiger partial charge in [0.2, 0.25) is 0 Å². The van der Waals surface area contributed by atoms with Gasteiger partial charge in [0, 0.05) is 30.4 Å². The van der Waals surface area contributed by atoms with E-state index in [4.69, 9.17) is 9.47 Å². The summed E-state index contributed by atoms with van der Waals surface area (Å²) in [5, 5.41) is 8.32. The van der Waals surface area contributed by atoms with Gasteiger partial charge in [0.1, 0.15) is 23.3 Å². The molecule has 0 saturated carbocycles. The third-order valence-electron chi connectivity index (χ3n) is 7.97. The molecule has 1 fully saturated rings. The van der Waals surface area contributed by atoms with Crippen LogP contribution in [0.15, 0.2) is 60.7 Å². The van der Waals surface area contributed by atoms with Crippen molar-refractivity contribution in [2.45, 2.75) is 78.4 Å². The summed E-state index contributed by atoms with van der Waals surface area (Å²) in [6, 6.07) is 16.1. The molecule has 0 aliphatic carbocycles. The fraction of sp³-hybridized carbons (Fsp3) is 0.429. The van der Waals surface area contributed by atoms with Crippen LogP contribution in [-0.2, 0) is 0 Å². The summed E-state index contributed by atoms with van der Waals surface area (Å²) in [5.74, 6) is 0.560. The molecule has 0 unspecified atom stereocenters. The number of hydrogen-bond donors (Lipinski definition) is 3. The molecule has 3 amide bonds. The molecule has 3 aromatic rings. The van der Waals surface area contributed by atoms with E-state index in [-0.39, 0.29) is 29.5 Å². The Hall–Kier alpha value is -4.11. The molecule has 1 aliphatic heterocycles. The molecule has 0 radical (unpaired) electrons. The average molecular weight is 605 g/mol. The van der Waals surface area contributed by atoms with Crippen molar-refractivity contribution in [1.29, 1.82) is 0 Å². The maximum atomic E-state index is 14.6. The second-order valence-corrected chi connectivity index (χ2v) is 11.3. The van der Waals surface area contributed by atoms with Gasteiger partial charge < -0.3 is 30.3 Å². The van der Waals surface area contributed by atoms with Gasteiger partial charge in [0.25, 0.3) is 5.91 Å². The van der Waals surface area contributed by atoms with Gasteiger partial charge in [0.15, 0.2) is 11.6 Å². The van der Waals surface area contributed by atoms with Crippen molar-refractivity contribution in [2.75, 3.05) is 30.3 Å². The van der Waals surface area contributed by atoms with Crippen LogP contribution in [0.1, 0.15) is 75.2 Å². The molecule has 4 rings (SSSR count). The van der Waals surface area contributed by atoms with Crippen LogP contribution in [-0.4, -0.2) is 48.6 Å². The van der Waals surface area contributed by atoms with E-state index in [9.17, 15) is 14.0 Å². The Labute approximate surface area is 260 Å². The highest BCUT2D eigenvalue weighted by molar-refractivity contribution is 6.04. The standard InChI is InChI=1S/C35H45FN4O4/c1-5-8-20-40-21-18-29(19-22-40)43-31-17-12-25(23-24(31)4)34(41)37-27-13-15-28(16-14-27)44-32-11-9-10-30(36)33(32)39-35(42)38-26(6-2)7-3/h9-17,23,26,29H,5-8,18-22H2,1-4H3,(H,37,41)(H2,38,39,42). The van der Waals surface area contributed by atoms with Crippen LogP contribution in [0.25, 0.3) is 0 Å². The zero-order valence-electron chi connectivity index (χ0n) is 26.3. The number of amides is 3. The molecule has 0 aromatic heterocycles. The van der Waals surface area contributed by atoms with E-state index in [0.717, 1.165) is 56.6 Å². The van der Waals surface area contributed by atoms with Crippen molar-refractivity contribution in [3.8, 4) is 17.2 Å². The van der Waals surface area contributed by atoms with Crippen molar-refractivity contribution >= 4 is 23.3 Å². The number of ether oxygens (including phenoxy) is 2. The largest absolute Gasteiger partial charge is 0.490 e. The number of benzene rings is 3. The number of piperidine rings is 1. The Morgan fingerprint density at radius 2 is 1.68 bits per heavy atom. The first-order chi connectivity index (χ1) is 21.3. The molecule has 3 N–H and O–H groups in total. The summed E-state index contributed by atoms with van der Waals surface area (Å²) in [6.45, 7) is 11.4. The molecule has 236 valence electrons. The summed E-state index contributed by atoms with van der Waals surface area (Å²) >= 11 is 0. The van der Waals surface area contributed by atoms with Gasteiger partial charge in [-0.25, -0.2) is 9.18 Å². The Morgan fingerprint density at radius 3 is 2.34 bits per heavy atom. The lowest BCUT2D eigenvalue weighted by atomic mass is 10.1. The molecule has 8 nitrogen and oxygen atoms in total. The Balaban J connectivity index is 1.32. The number of unbranched alkanes of at least 4 members (excludes halogenated alkanes) is 1. The van der Waals surface area contributed by atoms with Gasteiger partial charge in [-0.05, 0) is 106 Å². The van der Waals surface area contributed by atoms with Gasteiger partial charge >= 0.3 is 6.03 Å². The van der Waals surface area contributed by atoms with Crippen LogP contribution >= 0.6 is 0 Å². The van der Waals surface area contributed by atoms with Crippen LogP contribution in [0.5, 0.6) is 17.2 Å². The number of rotatable bonds is 13. The third kappa shape index (κ3) is 9.19. The summed E-state index contributed by atoms with van der Waals surface area (Å²) in [4.78, 5) is 27.9. The van der Waals surface area contributed by atoms with E-state index >= 15 is 0 Å². The van der Waals surface area contributed by atoms with Gasteiger partial charge in [-0.3, -0.25) is 4.79 Å². The molecule has 0 atom stereocenters. The lowest BCUT2D eigenvalue weighted by Crippen LogP contribution is -2.38. The van der Waals surface area contributed by atoms with Crippen molar-refractivity contribution in [1.82, 2.24) is 10.2 Å². The second kappa shape index (κ2) is 16.1. The van der Waals surface area contributed by atoms with E-state index in [0.29, 0.717) is 17.0 Å². The monoisotopic (exact) mass is 604 g/mol. The minimum Gasteiger partial charge on any atom is -0.490 e. The first-order valence-corrected chi connectivity index (χ1v) is 15.7. The SMILES string of the molecule is CCCCN1CCC(Oc2ccc(C(=O)Nc3ccc(Oc4cccc(F)c4NC(=O)NC(CC)CC)cc3)cc2C)CC1. The molecule has 44 heavy (non-hydrogen) atoms. The molecule has 9 heteroatoms. The molecule has 1 heterocycles. The molecule has 1 aliphatic rings. The normalized spacial score (nSPS) is 13.9. The van der Waals surface area contributed by atoms with Crippen molar-refractivity contribution in [2.24, 2.45) is 0 Å². The number of hydrogen-bond acceptors (Lipinski definition) is 5. The zero-order valence-corrected chi connectivity index (χ0v) is 26.3. The van der Waals surface area contributed by atoms with Gasteiger partial charge in [-0.2, -0.15) is 0 Å².